The maximum absolute atomic E-state index is 12.9. The molecule has 78 valence electrons. The number of nitriles is 1. The fourth-order valence-electron chi connectivity index (χ4n) is 1.22. The molecule has 0 spiro atoms. The van der Waals surface area contributed by atoms with Gasteiger partial charge in [-0.15, -0.1) is 0 Å². The zero-order valence-electron chi connectivity index (χ0n) is 7.98. The summed E-state index contributed by atoms with van der Waals surface area (Å²) in [6, 6.07) is 7.66. The van der Waals surface area contributed by atoms with Crippen LogP contribution in [-0.2, 0) is 0 Å². The van der Waals surface area contributed by atoms with E-state index in [9.17, 15) is 4.39 Å². The lowest BCUT2D eigenvalue weighted by Gasteiger charge is -2.02. The second-order valence-electron chi connectivity index (χ2n) is 3.00. The summed E-state index contributed by atoms with van der Waals surface area (Å²) < 4.78 is 13.4. The number of hydrogen-bond donors (Lipinski definition) is 0. The SMILES string of the molecule is N#Cc1ccnc(-c2ccc(F)cc2Br)n1. The molecule has 0 aliphatic rings. The number of benzene rings is 1. The lowest BCUT2D eigenvalue weighted by molar-refractivity contribution is 0.627. The number of rotatable bonds is 1. The van der Waals surface area contributed by atoms with Crippen LogP contribution in [0.1, 0.15) is 5.69 Å². The molecule has 0 saturated heterocycles. The summed E-state index contributed by atoms with van der Waals surface area (Å²) in [5, 5.41) is 8.71. The van der Waals surface area contributed by atoms with E-state index in [0.717, 1.165) is 0 Å². The van der Waals surface area contributed by atoms with E-state index in [1.165, 1.54) is 24.4 Å². The summed E-state index contributed by atoms with van der Waals surface area (Å²) >= 11 is 3.23. The molecule has 2 aromatic rings. The Morgan fingerprint density at radius 1 is 1.31 bits per heavy atom. The molecule has 0 bridgehead atoms. The Balaban J connectivity index is 2.55. The monoisotopic (exact) mass is 277 g/mol. The molecule has 0 aliphatic carbocycles. The maximum Gasteiger partial charge on any atom is 0.161 e. The van der Waals surface area contributed by atoms with Gasteiger partial charge in [-0.05, 0) is 40.2 Å². The van der Waals surface area contributed by atoms with Gasteiger partial charge in [0.15, 0.2) is 5.82 Å². The van der Waals surface area contributed by atoms with E-state index in [-0.39, 0.29) is 11.5 Å². The van der Waals surface area contributed by atoms with Crippen molar-refractivity contribution < 1.29 is 4.39 Å². The summed E-state index contributed by atoms with van der Waals surface area (Å²) in [5.74, 6) is 0.0537. The van der Waals surface area contributed by atoms with Crippen LogP contribution in [0.25, 0.3) is 11.4 Å². The number of aromatic nitrogens is 2. The van der Waals surface area contributed by atoms with Crippen molar-refractivity contribution in [2.24, 2.45) is 0 Å². The maximum atomic E-state index is 12.9. The van der Waals surface area contributed by atoms with Gasteiger partial charge in [-0.3, -0.25) is 0 Å². The Morgan fingerprint density at radius 3 is 2.81 bits per heavy atom. The second-order valence-corrected chi connectivity index (χ2v) is 3.86. The lowest BCUT2D eigenvalue weighted by atomic mass is 10.2. The van der Waals surface area contributed by atoms with E-state index in [2.05, 4.69) is 25.9 Å². The average molecular weight is 278 g/mol. The predicted molar refractivity (Wildman–Crippen MR) is 59.8 cm³/mol. The zero-order valence-corrected chi connectivity index (χ0v) is 9.57. The van der Waals surface area contributed by atoms with E-state index in [0.29, 0.717) is 15.9 Å². The van der Waals surface area contributed by atoms with Gasteiger partial charge < -0.3 is 0 Å². The Hall–Kier alpha value is -1.80. The van der Waals surface area contributed by atoms with E-state index < -0.39 is 0 Å². The molecule has 2 rings (SSSR count). The smallest absolute Gasteiger partial charge is 0.161 e. The van der Waals surface area contributed by atoms with Crippen LogP contribution >= 0.6 is 15.9 Å². The largest absolute Gasteiger partial charge is 0.236 e. The van der Waals surface area contributed by atoms with Crippen molar-refractivity contribution in [2.75, 3.05) is 0 Å². The minimum absolute atomic E-state index is 0.279. The van der Waals surface area contributed by atoms with Crippen molar-refractivity contribution in [3.63, 3.8) is 0 Å². The van der Waals surface area contributed by atoms with Gasteiger partial charge in [-0.2, -0.15) is 5.26 Å². The van der Waals surface area contributed by atoms with Gasteiger partial charge >= 0.3 is 0 Å². The molecule has 0 unspecified atom stereocenters. The van der Waals surface area contributed by atoms with Crippen LogP contribution in [0.15, 0.2) is 34.9 Å². The molecule has 5 heteroatoms. The van der Waals surface area contributed by atoms with Crippen LogP contribution in [0.2, 0.25) is 0 Å². The van der Waals surface area contributed by atoms with Crippen molar-refractivity contribution in [3.05, 3.63) is 46.4 Å². The molecule has 16 heavy (non-hydrogen) atoms. The third-order valence-electron chi connectivity index (χ3n) is 1.94. The minimum atomic E-state index is -0.341. The molecule has 0 fully saturated rings. The van der Waals surface area contributed by atoms with E-state index >= 15 is 0 Å². The average Bonchev–Trinajstić information content (AvgIpc) is 2.29. The molecule has 0 N–H and O–H groups in total. The highest BCUT2D eigenvalue weighted by Crippen LogP contribution is 2.25. The highest BCUT2D eigenvalue weighted by molar-refractivity contribution is 9.10. The Labute approximate surface area is 99.7 Å². The van der Waals surface area contributed by atoms with Gasteiger partial charge in [-0.1, -0.05) is 0 Å². The van der Waals surface area contributed by atoms with Gasteiger partial charge in [0.25, 0.3) is 0 Å². The minimum Gasteiger partial charge on any atom is -0.236 e. The first-order valence-electron chi connectivity index (χ1n) is 4.39. The molecule has 0 atom stereocenters. The van der Waals surface area contributed by atoms with E-state index in [4.69, 9.17) is 5.26 Å². The van der Waals surface area contributed by atoms with Crippen molar-refractivity contribution in [1.82, 2.24) is 9.97 Å². The normalized spacial score (nSPS) is 9.81. The standard InChI is InChI=1S/C11H5BrFN3/c12-10-5-7(13)1-2-9(10)11-15-4-3-8(6-14)16-11/h1-5H. The first-order chi connectivity index (χ1) is 7.70. The van der Waals surface area contributed by atoms with Crippen LogP contribution in [0.5, 0.6) is 0 Å². The quantitative estimate of drug-likeness (QED) is 0.805. The molecule has 1 aromatic carbocycles. The molecule has 0 aliphatic heterocycles. The fourth-order valence-corrected chi connectivity index (χ4v) is 1.75. The fraction of sp³-hybridized carbons (Fsp3) is 0. The molecule has 1 aromatic heterocycles. The van der Waals surface area contributed by atoms with Crippen LogP contribution in [0, 0.1) is 17.1 Å². The summed E-state index contributed by atoms with van der Waals surface area (Å²) in [6.45, 7) is 0. The molecule has 0 saturated carbocycles. The molecule has 3 nitrogen and oxygen atoms in total. The van der Waals surface area contributed by atoms with Crippen molar-refractivity contribution >= 4 is 15.9 Å². The van der Waals surface area contributed by atoms with Gasteiger partial charge in [0.2, 0.25) is 0 Å². The summed E-state index contributed by atoms with van der Waals surface area (Å²) in [5.41, 5.74) is 0.930. The number of nitrogens with zero attached hydrogens (tertiary/aromatic N) is 3. The lowest BCUT2D eigenvalue weighted by Crippen LogP contribution is -1.92. The Kier molecular flexibility index (Phi) is 2.93. The van der Waals surface area contributed by atoms with Crippen LogP contribution in [0.3, 0.4) is 0 Å². The van der Waals surface area contributed by atoms with Crippen molar-refractivity contribution in [1.29, 1.82) is 5.26 Å². The van der Waals surface area contributed by atoms with Gasteiger partial charge in [0.05, 0.1) is 0 Å². The number of hydrogen-bond acceptors (Lipinski definition) is 3. The first-order valence-corrected chi connectivity index (χ1v) is 5.18. The Morgan fingerprint density at radius 2 is 2.12 bits per heavy atom. The summed E-state index contributed by atoms with van der Waals surface area (Å²) in [7, 11) is 0. The number of halogens is 2. The van der Waals surface area contributed by atoms with E-state index in [1.807, 2.05) is 6.07 Å². The first kappa shape index (κ1) is 10.7. The molecule has 0 radical (unpaired) electrons. The summed E-state index contributed by atoms with van der Waals surface area (Å²) in [6.07, 6.45) is 1.50. The molecule has 0 amide bonds. The third kappa shape index (κ3) is 2.07. The van der Waals surface area contributed by atoms with Gasteiger partial charge in [0.1, 0.15) is 17.6 Å². The Bertz CT molecular complexity index is 578. The topological polar surface area (TPSA) is 49.6 Å². The molecular weight excluding hydrogens is 273 g/mol. The third-order valence-corrected chi connectivity index (χ3v) is 2.60. The van der Waals surface area contributed by atoms with Crippen LogP contribution in [0.4, 0.5) is 4.39 Å². The predicted octanol–water partition coefficient (Wildman–Crippen LogP) is 2.92. The zero-order chi connectivity index (χ0) is 11.5. The molecule has 1 heterocycles. The van der Waals surface area contributed by atoms with Gasteiger partial charge in [0, 0.05) is 16.2 Å². The van der Waals surface area contributed by atoms with Crippen LogP contribution < -0.4 is 0 Å². The van der Waals surface area contributed by atoms with Gasteiger partial charge in [-0.25, -0.2) is 14.4 Å². The molecular formula is C11H5BrFN3. The van der Waals surface area contributed by atoms with E-state index in [1.54, 1.807) is 6.07 Å². The summed E-state index contributed by atoms with van der Waals surface area (Å²) in [4.78, 5) is 8.06. The highest BCUT2D eigenvalue weighted by atomic mass is 79.9. The van der Waals surface area contributed by atoms with Crippen LogP contribution in [-0.4, -0.2) is 9.97 Å². The van der Waals surface area contributed by atoms with Crippen molar-refractivity contribution in [2.45, 2.75) is 0 Å². The second kappa shape index (κ2) is 4.37. The van der Waals surface area contributed by atoms with Crippen molar-refractivity contribution in [3.8, 4) is 17.5 Å². The highest BCUT2D eigenvalue weighted by Gasteiger charge is 2.07.